The number of unbranched alkanes of at least 4 members (excludes halogenated alkanes) is 1. The van der Waals surface area contributed by atoms with Crippen molar-refractivity contribution in [3.8, 4) is 0 Å². The summed E-state index contributed by atoms with van der Waals surface area (Å²) >= 11 is 0. The van der Waals surface area contributed by atoms with Crippen molar-refractivity contribution in [3.05, 3.63) is 0 Å². The molecule has 0 atom stereocenters. The Morgan fingerprint density at radius 1 is 1.43 bits per heavy atom. The van der Waals surface area contributed by atoms with Gasteiger partial charge in [-0.25, -0.2) is 0 Å². The van der Waals surface area contributed by atoms with E-state index in [0.717, 1.165) is 50.9 Å². The number of carboxylic acid groups (broad SMARTS) is 1. The van der Waals surface area contributed by atoms with Crippen molar-refractivity contribution in [1.82, 2.24) is 0 Å². The van der Waals surface area contributed by atoms with E-state index in [1.165, 1.54) is 0 Å². The minimum absolute atomic E-state index is 0.372. The Balaban J connectivity index is 2.58. The molecule has 0 heterocycles. The van der Waals surface area contributed by atoms with E-state index in [1.807, 2.05) is 0 Å². The van der Waals surface area contributed by atoms with Gasteiger partial charge in [0.25, 0.3) is 0 Å². The number of hydrogen-bond donors (Lipinski definition) is 1. The van der Waals surface area contributed by atoms with Gasteiger partial charge >= 0.3 is 5.97 Å². The van der Waals surface area contributed by atoms with Gasteiger partial charge in [-0.3, -0.25) is 4.79 Å². The van der Waals surface area contributed by atoms with E-state index >= 15 is 0 Å². The lowest BCUT2D eigenvalue weighted by molar-refractivity contribution is -0.152. The third-order valence-corrected chi connectivity index (χ3v) is 3.69. The van der Waals surface area contributed by atoms with Crippen molar-refractivity contribution >= 4 is 5.97 Å². The van der Waals surface area contributed by atoms with E-state index in [1.54, 1.807) is 0 Å². The topological polar surface area (TPSA) is 37.3 Å². The quantitative estimate of drug-likeness (QED) is 0.751. The smallest absolute Gasteiger partial charge is 0.309 e. The fraction of sp³-hybridized carbons (Fsp3) is 0.917. The molecule has 1 N–H and O–H groups in total. The zero-order chi connectivity index (χ0) is 10.6. The van der Waals surface area contributed by atoms with Crippen molar-refractivity contribution in [2.45, 2.75) is 58.8 Å². The third kappa shape index (κ3) is 2.49. The molecule has 1 aliphatic rings. The Bertz CT molecular complexity index is 185. The number of aliphatic carboxylic acids is 1. The van der Waals surface area contributed by atoms with Crippen LogP contribution in [0.15, 0.2) is 0 Å². The number of rotatable bonds is 4. The van der Waals surface area contributed by atoms with E-state index < -0.39 is 5.97 Å². The number of hydrogen-bond acceptors (Lipinski definition) is 1. The number of carbonyl (C=O) groups is 1. The average Bonchev–Trinajstić information content (AvgIpc) is 2.17. The second-order valence-corrected chi connectivity index (χ2v) is 4.87. The van der Waals surface area contributed by atoms with Crippen LogP contribution in [0, 0.1) is 11.3 Å². The summed E-state index contributed by atoms with van der Waals surface area (Å²) in [5, 5.41) is 9.30. The van der Waals surface area contributed by atoms with E-state index in [-0.39, 0.29) is 5.41 Å². The molecule has 1 saturated carbocycles. The van der Waals surface area contributed by atoms with Crippen LogP contribution < -0.4 is 0 Å². The Morgan fingerprint density at radius 3 is 2.43 bits per heavy atom. The Hall–Kier alpha value is -0.530. The van der Waals surface area contributed by atoms with Crippen LogP contribution in [0.25, 0.3) is 0 Å². The average molecular weight is 198 g/mol. The highest BCUT2D eigenvalue weighted by Gasteiger charge is 2.40. The number of carboxylic acids is 1. The highest BCUT2D eigenvalue weighted by Crippen LogP contribution is 2.42. The molecule has 0 bridgehead atoms. The summed E-state index contributed by atoms with van der Waals surface area (Å²) < 4.78 is 0. The van der Waals surface area contributed by atoms with Crippen molar-refractivity contribution < 1.29 is 9.90 Å². The highest BCUT2D eigenvalue weighted by atomic mass is 16.4. The van der Waals surface area contributed by atoms with Gasteiger partial charge in [-0.05, 0) is 38.0 Å². The first-order valence-electron chi connectivity index (χ1n) is 5.84. The molecule has 0 aromatic heterocycles. The molecule has 0 aromatic rings. The highest BCUT2D eigenvalue weighted by molar-refractivity contribution is 5.74. The molecule has 1 aliphatic carbocycles. The van der Waals surface area contributed by atoms with E-state index in [0.29, 0.717) is 0 Å². The molecule has 0 saturated heterocycles. The summed E-state index contributed by atoms with van der Waals surface area (Å²) in [4.78, 5) is 11.3. The maximum atomic E-state index is 11.3. The lowest BCUT2D eigenvalue weighted by Gasteiger charge is -2.35. The molecule has 0 unspecified atom stereocenters. The molecule has 0 aliphatic heterocycles. The predicted octanol–water partition coefficient (Wildman–Crippen LogP) is 3.46. The van der Waals surface area contributed by atoms with Gasteiger partial charge in [-0.2, -0.15) is 0 Å². The fourth-order valence-electron chi connectivity index (χ4n) is 2.40. The van der Waals surface area contributed by atoms with Crippen LogP contribution in [0.1, 0.15) is 58.8 Å². The molecule has 14 heavy (non-hydrogen) atoms. The van der Waals surface area contributed by atoms with Crippen LogP contribution in [0.5, 0.6) is 0 Å². The van der Waals surface area contributed by atoms with Crippen LogP contribution in [-0.4, -0.2) is 11.1 Å². The molecule has 1 rings (SSSR count). The van der Waals surface area contributed by atoms with E-state index in [2.05, 4.69) is 13.8 Å². The van der Waals surface area contributed by atoms with Crippen LogP contribution in [0.2, 0.25) is 0 Å². The maximum absolute atomic E-state index is 11.3. The third-order valence-electron chi connectivity index (χ3n) is 3.69. The molecular formula is C12H22O2. The summed E-state index contributed by atoms with van der Waals surface area (Å²) in [6.07, 6.45) is 7.01. The molecule has 0 amide bonds. The molecule has 2 heteroatoms. The molecule has 0 spiro atoms. The van der Waals surface area contributed by atoms with Crippen molar-refractivity contribution in [1.29, 1.82) is 0 Å². The standard InChI is InChI=1S/C12H22O2/c1-3-4-7-12(11(13)14)8-5-10(2)6-9-12/h10H,3-9H2,1-2H3,(H,13,14). The molecule has 82 valence electrons. The largest absolute Gasteiger partial charge is 0.481 e. The van der Waals surface area contributed by atoms with Gasteiger partial charge in [0, 0.05) is 0 Å². The lowest BCUT2D eigenvalue weighted by Crippen LogP contribution is -2.35. The maximum Gasteiger partial charge on any atom is 0.309 e. The van der Waals surface area contributed by atoms with Crippen LogP contribution in [0.3, 0.4) is 0 Å². The zero-order valence-corrected chi connectivity index (χ0v) is 9.38. The first kappa shape index (κ1) is 11.5. The van der Waals surface area contributed by atoms with Gasteiger partial charge in [0.05, 0.1) is 5.41 Å². The van der Waals surface area contributed by atoms with Gasteiger partial charge in [0.15, 0.2) is 0 Å². The summed E-state index contributed by atoms with van der Waals surface area (Å²) in [6, 6.07) is 0. The van der Waals surface area contributed by atoms with Gasteiger partial charge in [0.2, 0.25) is 0 Å². The summed E-state index contributed by atoms with van der Waals surface area (Å²) in [5.74, 6) is 0.168. The Kier molecular flexibility index (Phi) is 3.97. The van der Waals surface area contributed by atoms with Crippen molar-refractivity contribution in [2.24, 2.45) is 11.3 Å². The van der Waals surface area contributed by atoms with Crippen LogP contribution in [-0.2, 0) is 4.79 Å². The Morgan fingerprint density at radius 2 is 2.00 bits per heavy atom. The summed E-state index contributed by atoms with van der Waals surface area (Å²) in [7, 11) is 0. The first-order valence-corrected chi connectivity index (χ1v) is 5.84. The summed E-state index contributed by atoms with van der Waals surface area (Å²) in [6.45, 7) is 4.35. The second-order valence-electron chi connectivity index (χ2n) is 4.87. The van der Waals surface area contributed by atoms with Crippen LogP contribution >= 0.6 is 0 Å². The normalized spacial score (nSPS) is 32.9. The first-order chi connectivity index (χ1) is 6.60. The minimum Gasteiger partial charge on any atom is -0.481 e. The zero-order valence-electron chi connectivity index (χ0n) is 9.38. The van der Waals surface area contributed by atoms with Crippen molar-refractivity contribution in [2.75, 3.05) is 0 Å². The fourth-order valence-corrected chi connectivity index (χ4v) is 2.40. The molecule has 1 fully saturated rings. The van der Waals surface area contributed by atoms with Gasteiger partial charge in [-0.1, -0.05) is 26.7 Å². The minimum atomic E-state index is -0.558. The van der Waals surface area contributed by atoms with Gasteiger partial charge in [-0.15, -0.1) is 0 Å². The van der Waals surface area contributed by atoms with Crippen molar-refractivity contribution in [3.63, 3.8) is 0 Å². The predicted molar refractivity (Wildman–Crippen MR) is 57.2 cm³/mol. The molecular weight excluding hydrogens is 176 g/mol. The van der Waals surface area contributed by atoms with Gasteiger partial charge < -0.3 is 5.11 Å². The van der Waals surface area contributed by atoms with Crippen LogP contribution in [0.4, 0.5) is 0 Å². The lowest BCUT2D eigenvalue weighted by atomic mass is 9.68. The monoisotopic (exact) mass is 198 g/mol. The Labute approximate surface area is 86.7 Å². The molecule has 0 radical (unpaired) electrons. The SMILES string of the molecule is CCCCC1(C(=O)O)CCC(C)CC1. The van der Waals surface area contributed by atoms with Gasteiger partial charge in [0.1, 0.15) is 0 Å². The summed E-state index contributed by atoms with van der Waals surface area (Å²) in [5.41, 5.74) is -0.372. The second kappa shape index (κ2) is 4.81. The van der Waals surface area contributed by atoms with E-state index in [9.17, 15) is 9.90 Å². The molecule has 0 aromatic carbocycles. The molecule has 2 nitrogen and oxygen atoms in total. The van der Waals surface area contributed by atoms with E-state index in [4.69, 9.17) is 0 Å².